The Bertz CT molecular complexity index is 190. The lowest BCUT2D eigenvalue weighted by atomic mass is 9.81. The van der Waals surface area contributed by atoms with Crippen LogP contribution in [0, 0.1) is 23.7 Å². The van der Waals surface area contributed by atoms with Crippen LogP contribution < -0.4 is 10.8 Å². The van der Waals surface area contributed by atoms with Crippen molar-refractivity contribution in [3.8, 4) is 0 Å². The van der Waals surface area contributed by atoms with E-state index in [0.717, 1.165) is 36.6 Å². The number of hydrogen-bond donors (Lipinski definition) is 3. The maximum Gasteiger partial charge on any atom is 0.0210 e. The van der Waals surface area contributed by atoms with E-state index < -0.39 is 0 Å². The Morgan fingerprint density at radius 1 is 1.00 bits per heavy atom. The Balaban J connectivity index is 1.86. The maximum atomic E-state index is 8.71. The lowest BCUT2D eigenvalue weighted by Crippen LogP contribution is -2.24. The van der Waals surface area contributed by atoms with Crippen molar-refractivity contribution >= 4 is 0 Å². The first-order valence-corrected chi connectivity index (χ1v) is 6.88. The number of hydroxylamine groups is 1. The monoisotopic (exact) mass is 226 g/mol. The second kappa shape index (κ2) is 5.99. The average Bonchev–Trinajstić information content (AvgIpc) is 2.86. The van der Waals surface area contributed by atoms with Crippen molar-refractivity contribution in [2.24, 2.45) is 23.7 Å². The molecule has 3 heteroatoms. The van der Waals surface area contributed by atoms with Crippen molar-refractivity contribution in [3.05, 3.63) is 0 Å². The van der Waals surface area contributed by atoms with Gasteiger partial charge in [-0.15, -0.1) is 0 Å². The molecule has 0 bridgehead atoms. The molecular formula is C13H26N2O. The summed E-state index contributed by atoms with van der Waals surface area (Å²) in [6.45, 7) is 1.94. The predicted molar refractivity (Wildman–Crippen MR) is 65.4 cm³/mol. The molecule has 0 aliphatic heterocycles. The molecule has 4 atom stereocenters. The van der Waals surface area contributed by atoms with Crippen LogP contribution in [0.25, 0.3) is 0 Å². The van der Waals surface area contributed by atoms with Gasteiger partial charge in [0.05, 0.1) is 0 Å². The van der Waals surface area contributed by atoms with Crippen LogP contribution in [0.15, 0.2) is 0 Å². The van der Waals surface area contributed by atoms with Crippen LogP contribution in [0.3, 0.4) is 0 Å². The topological polar surface area (TPSA) is 44.3 Å². The first-order valence-electron chi connectivity index (χ1n) is 6.88. The summed E-state index contributed by atoms with van der Waals surface area (Å²) >= 11 is 0. The Morgan fingerprint density at radius 2 is 1.62 bits per heavy atom. The maximum absolute atomic E-state index is 8.71. The van der Waals surface area contributed by atoms with Gasteiger partial charge < -0.3 is 10.5 Å². The fraction of sp³-hybridized carbons (Fsp3) is 1.00. The normalized spacial score (nSPS) is 37.9. The molecule has 2 saturated carbocycles. The molecule has 3 nitrogen and oxygen atoms in total. The van der Waals surface area contributed by atoms with Crippen molar-refractivity contribution in [2.45, 2.75) is 38.5 Å². The van der Waals surface area contributed by atoms with Gasteiger partial charge in [0.25, 0.3) is 0 Å². The van der Waals surface area contributed by atoms with Crippen LogP contribution in [-0.4, -0.2) is 25.3 Å². The molecule has 0 aromatic heterocycles. The molecule has 4 unspecified atom stereocenters. The fourth-order valence-electron chi connectivity index (χ4n) is 4.18. The van der Waals surface area contributed by atoms with Gasteiger partial charge in [-0.05, 0) is 75.8 Å². The Kier molecular flexibility index (Phi) is 4.62. The lowest BCUT2D eigenvalue weighted by Gasteiger charge is -2.25. The van der Waals surface area contributed by atoms with Crippen molar-refractivity contribution in [1.82, 2.24) is 10.8 Å². The average molecular weight is 226 g/mol. The van der Waals surface area contributed by atoms with E-state index in [4.69, 9.17) is 5.21 Å². The van der Waals surface area contributed by atoms with E-state index in [1.807, 2.05) is 7.05 Å². The Morgan fingerprint density at radius 3 is 2.19 bits per heavy atom. The van der Waals surface area contributed by atoms with E-state index in [9.17, 15) is 0 Å². The number of rotatable bonds is 6. The van der Waals surface area contributed by atoms with Crippen molar-refractivity contribution in [2.75, 3.05) is 20.1 Å². The predicted octanol–water partition coefficient (Wildman–Crippen LogP) is 2.02. The molecule has 2 aliphatic rings. The van der Waals surface area contributed by atoms with E-state index in [2.05, 4.69) is 10.8 Å². The molecule has 2 aliphatic carbocycles. The van der Waals surface area contributed by atoms with Gasteiger partial charge >= 0.3 is 0 Å². The first kappa shape index (κ1) is 12.3. The van der Waals surface area contributed by atoms with Crippen molar-refractivity contribution < 1.29 is 5.21 Å². The van der Waals surface area contributed by atoms with Gasteiger partial charge in [0.2, 0.25) is 0 Å². The van der Waals surface area contributed by atoms with Gasteiger partial charge in [0, 0.05) is 6.54 Å². The molecule has 0 spiro atoms. The van der Waals surface area contributed by atoms with E-state index in [0.29, 0.717) is 0 Å². The van der Waals surface area contributed by atoms with E-state index >= 15 is 0 Å². The molecule has 0 amide bonds. The highest BCUT2D eigenvalue weighted by molar-refractivity contribution is 4.94. The summed E-state index contributed by atoms with van der Waals surface area (Å²) in [4.78, 5) is 0. The summed E-state index contributed by atoms with van der Waals surface area (Å²) in [7, 11) is 2.05. The zero-order valence-corrected chi connectivity index (χ0v) is 10.4. The molecule has 16 heavy (non-hydrogen) atoms. The molecule has 3 N–H and O–H groups in total. The highest BCUT2D eigenvalue weighted by Gasteiger charge is 2.44. The van der Waals surface area contributed by atoms with E-state index in [-0.39, 0.29) is 0 Å². The van der Waals surface area contributed by atoms with E-state index in [1.165, 1.54) is 38.6 Å². The van der Waals surface area contributed by atoms with Crippen molar-refractivity contribution in [1.29, 1.82) is 0 Å². The molecular weight excluding hydrogens is 200 g/mol. The fourth-order valence-corrected chi connectivity index (χ4v) is 4.18. The number of hydrogen-bond acceptors (Lipinski definition) is 3. The minimum absolute atomic E-state index is 0.770. The molecule has 2 rings (SSSR count). The molecule has 0 aromatic carbocycles. The third kappa shape index (κ3) is 2.58. The summed E-state index contributed by atoms with van der Waals surface area (Å²) in [5.74, 6) is 3.78. The standard InChI is InChI=1S/C13H26N2O/c1-14-8-6-11-4-2-10-3-5-12(13(10)11)7-9-15-16/h10-16H,2-9H2,1H3. The summed E-state index contributed by atoms with van der Waals surface area (Å²) in [6.07, 6.45) is 8.25. The highest BCUT2D eigenvalue weighted by Crippen LogP contribution is 2.52. The molecule has 2 fully saturated rings. The first-order chi connectivity index (χ1) is 7.86. The van der Waals surface area contributed by atoms with Gasteiger partial charge in [0.15, 0.2) is 0 Å². The summed E-state index contributed by atoms with van der Waals surface area (Å²) in [5, 5.41) is 12.0. The highest BCUT2D eigenvalue weighted by atomic mass is 16.5. The number of fused-ring (bicyclic) bond motifs is 1. The van der Waals surface area contributed by atoms with Crippen LogP contribution in [0.4, 0.5) is 0 Å². The van der Waals surface area contributed by atoms with Crippen LogP contribution in [0.2, 0.25) is 0 Å². The Hall–Kier alpha value is -0.120. The SMILES string of the molecule is CNCCC1CCC2CCC(CCNO)C12. The van der Waals surface area contributed by atoms with Gasteiger partial charge in [0.1, 0.15) is 0 Å². The molecule has 0 radical (unpaired) electrons. The minimum Gasteiger partial charge on any atom is -0.320 e. The van der Waals surface area contributed by atoms with Crippen LogP contribution in [0.1, 0.15) is 38.5 Å². The van der Waals surface area contributed by atoms with Gasteiger partial charge in [-0.2, -0.15) is 0 Å². The molecule has 94 valence electrons. The zero-order chi connectivity index (χ0) is 11.4. The second-order valence-corrected chi connectivity index (χ2v) is 5.60. The van der Waals surface area contributed by atoms with E-state index in [1.54, 1.807) is 0 Å². The molecule has 0 aromatic rings. The van der Waals surface area contributed by atoms with Gasteiger partial charge in [-0.1, -0.05) is 0 Å². The largest absolute Gasteiger partial charge is 0.320 e. The van der Waals surface area contributed by atoms with Gasteiger partial charge in [-0.3, -0.25) is 0 Å². The van der Waals surface area contributed by atoms with Crippen molar-refractivity contribution in [3.63, 3.8) is 0 Å². The van der Waals surface area contributed by atoms with Crippen LogP contribution in [-0.2, 0) is 0 Å². The summed E-state index contributed by atoms with van der Waals surface area (Å²) in [6, 6.07) is 0. The smallest absolute Gasteiger partial charge is 0.0210 e. The molecule has 0 saturated heterocycles. The minimum atomic E-state index is 0.770. The van der Waals surface area contributed by atoms with Crippen LogP contribution in [0.5, 0.6) is 0 Å². The third-order valence-corrected chi connectivity index (χ3v) is 4.84. The second-order valence-electron chi connectivity index (χ2n) is 5.60. The quantitative estimate of drug-likeness (QED) is 0.607. The third-order valence-electron chi connectivity index (χ3n) is 4.84. The van der Waals surface area contributed by atoms with Gasteiger partial charge in [-0.25, -0.2) is 5.48 Å². The summed E-state index contributed by atoms with van der Waals surface area (Å²) < 4.78 is 0. The molecule has 0 heterocycles. The lowest BCUT2D eigenvalue weighted by molar-refractivity contribution is 0.148. The Labute approximate surface area is 99.0 Å². The van der Waals surface area contributed by atoms with Crippen LogP contribution >= 0.6 is 0 Å². The summed E-state index contributed by atoms with van der Waals surface area (Å²) in [5.41, 5.74) is 2.32. The zero-order valence-electron chi connectivity index (χ0n) is 10.4. The number of nitrogens with one attached hydrogen (secondary N) is 2.